The number of hydrogen-bond acceptors (Lipinski definition) is 4. The minimum Gasteiger partial charge on any atom is -0.374 e. The van der Waals surface area contributed by atoms with Crippen molar-refractivity contribution in [2.45, 2.75) is 38.8 Å². The lowest BCUT2D eigenvalue weighted by molar-refractivity contribution is -0.0459. The predicted molar refractivity (Wildman–Crippen MR) is 81.9 cm³/mol. The van der Waals surface area contributed by atoms with Crippen molar-refractivity contribution in [2.75, 3.05) is 32.8 Å². The van der Waals surface area contributed by atoms with Gasteiger partial charge in [-0.05, 0) is 37.6 Å². The average Bonchev–Trinajstić information content (AvgIpc) is 2.49. The van der Waals surface area contributed by atoms with Crippen molar-refractivity contribution < 1.29 is 4.74 Å². The molecule has 1 aliphatic rings. The minimum atomic E-state index is 0.274. The zero-order valence-electron chi connectivity index (χ0n) is 12.7. The molecule has 0 aliphatic carbocycles. The second-order valence-corrected chi connectivity index (χ2v) is 5.44. The summed E-state index contributed by atoms with van der Waals surface area (Å²) < 4.78 is 6.02. The molecule has 1 aromatic rings. The molecule has 0 saturated carbocycles. The first-order valence-corrected chi connectivity index (χ1v) is 7.79. The maximum Gasteiger partial charge on any atom is 0.0858 e. The third-order valence-corrected chi connectivity index (χ3v) is 3.81. The first-order chi connectivity index (χ1) is 9.83. The molecule has 4 heteroatoms. The van der Waals surface area contributed by atoms with Crippen LogP contribution >= 0.6 is 0 Å². The summed E-state index contributed by atoms with van der Waals surface area (Å²) in [5.74, 6) is 0. The molecule has 20 heavy (non-hydrogen) atoms. The fraction of sp³-hybridized carbons (Fsp3) is 0.688. The zero-order valence-corrected chi connectivity index (χ0v) is 12.7. The van der Waals surface area contributed by atoms with E-state index in [0.717, 1.165) is 32.7 Å². The number of rotatable bonds is 7. The van der Waals surface area contributed by atoms with Crippen molar-refractivity contribution in [3.63, 3.8) is 0 Å². The highest BCUT2D eigenvalue weighted by atomic mass is 16.5. The molecule has 1 saturated heterocycles. The van der Waals surface area contributed by atoms with E-state index in [1.165, 1.54) is 18.5 Å². The summed E-state index contributed by atoms with van der Waals surface area (Å²) in [6, 6.07) is 4.51. The van der Waals surface area contributed by atoms with E-state index in [0.29, 0.717) is 6.04 Å². The van der Waals surface area contributed by atoms with Gasteiger partial charge in [-0.15, -0.1) is 0 Å². The minimum absolute atomic E-state index is 0.274. The Bertz CT molecular complexity index is 369. The molecule has 0 radical (unpaired) electrons. The van der Waals surface area contributed by atoms with Crippen LogP contribution in [0.4, 0.5) is 0 Å². The van der Waals surface area contributed by atoms with E-state index < -0.39 is 0 Å². The van der Waals surface area contributed by atoms with E-state index >= 15 is 0 Å². The first kappa shape index (κ1) is 15.4. The third-order valence-electron chi connectivity index (χ3n) is 3.81. The molecule has 4 nitrogen and oxygen atoms in total. The van der Waals surface area contributed by atoms with E-state index in [2.05, 4.69) is 35.1 Å². The van der Waals surface area contributed by atoms with Crippen LogP contribution in [0.15, 0.2) is 24.5 Å². The molecule has 1 fully saturated rings. The number of likely N-dealkylation sites (N-methyl/N-ethyl adjacent to an activating group) is 1. The van der Waals surface area contributed by atoms with Crippen LogP contribution in [0.2, 0.25) is 0 Å². The highest BCUT2D eigenvalue weighted by molar-refractivity contribution is 5.11. The monoisotopic (exact) mass is 277 g/mol. The number of nitrogens with one attached hydrogen (secondary N) is 1. The molecule has 2 rings (SSSR count). The number of ether oxygens (including phenoxy) is 1. The van der Waals surface area contributed by atoms with Crippen molar-refractivity contribution >= 4 is 0 Å². The summed E-state index contributed by atoms with van der Waals surface area (Å²) in [5, 5.41) is 3.58. The Morgan fingerprint density at radius 1 is 1.50 bits per heavy atom. The molecule has 1 aliphatic heterocycles. The van der Waals surface area contributed by atoms with Gasteiger partial charge in [0.15, 0.2) is 0 Å². The number of nitrogens with zero attached hydrogens (tertiary/aromatic N) is 2. The molecular formula is C16H27N3O. The molecule has 2 heterocycles. The Kier molecular flexibility index (Phi) is 6.43. The molecular weight excluding hydrogens is 250 g/mol. The molecule has 112 valence electrons. The van der Waals surface area contributed by atoms with Gasteiger partial charge in [0, 0.05) is 31.5 Å². The SMILES string of the molecule is CCCN1CCOC(C(Cc2cccnc2)NCC)C1. The highest BCUT2D eigenvalue weighted by Crippen LogP contribution is 2.13. The number of aromatic nitrogens is 1. The van der Waals surface area contributed by atoms with Crippen LogP contribution < -0.4 is 5.32 Å². The Hall–Kier alpha value is -0.970. The van der Waals surface area contributed by atoms with Gasteiger partial charge in [0.25, 0.3) is 0 Å². The molecule has 2 atom stereocenters. The standard InChI is InChI=1S/C16H27N3O/c1-3-8-19-9-10-20-16(13-19)15(18-4-2)11-14-6-5-7-17-12-14/h5-7,12,15-16,18H,3-4,8-11,13H2,1-2H3. The largest absolute Gasteiger partial charge is 0.374 e. The summed E-state index contributed by atoms with van der Waals surface area (Å²) in [4.78, 5) is 6.72. The first-order valence-electron chi connectivity index (χ1n) is 7.79. The van der Waals surface area contributed by atoms with E-state index in [1.54, 1.807) is 0 Å². The maximum absolute atomic E-state index is 6.02. The smallest absolute Gasteiger partial charge is 0.0858 e. The van der Waals surface area contributed by atoms with Gasteiger partial charge in [-0.2, -0.15) is 0 Å². The van der Waals surface area contributed by atoms with E-state index in [1.807, 2.05) is 18.5 Å². The van der Waals surface area contributed by atoms with E-state index in [9.17, 15) is 0 Å². The second-order valence-electron chi connectivity index (χ2n) is 5.44. The fourth-order valence-electron chi connectivity index (χ4n) is 2.86. The molecule has 1 aromatic heterocycles. The highest BCUT2D eigenvalue weighted by Gasteiger charge is 2.27. The molecule has 0 aromatic carbocycles. The second kappa shape index (κ2) is 8.35. The van der Waals surface area contributed by atoms with Crippen LogP contribution in [0.3, 0.4) is 0 Å². The van der Waals surface area contributed by atoms with Gasteiger partial charge in [-0.1, -0.05) is 19.9 Å². The van der Waals surface area contributed by atoms with Gasteiger partial charge >= 0.3 is 0 Å². The number of pyridine rings is 1. The Labute approximate surface area is 122 Å². The molecule has 2 unspecified atom stereocenters. The van der Waals surface area contributed by atoms with E-state index in [-0.39, 0.29) is 6.10 Å². The summed E-state index contributed by atoms with van der Waals surface area (Å²) in [6.07, 6.45) is 6.24. The Morgan fingerprint density at radius 2 is 2.40 bits per heavy atom. The normalized spacial score (nSPS) is 21.8. The summed E-state index contributed by atoms with van der Waals surface area (Å²) in [6.45, 7) is 9.48. The lowest BCUT2D eigenvalue weighted by atomic mass is 10.0. The van der Waals surface area contributed by atoms with Crippen LogP contribution in [-0.2, 0) is 11.2 Å². The van der Waals surface area contributed by atoms with Crippen LogP contribution in [0.1, 0.15) is 25.8 Å². The Balaban J connectivity index is 1.96. The summed E-state index contributed by atoms with van der Waals surface area (Å²) >= 11 is 0. The average molecular weight is 277 g/mol. The maximum atomic E-state index is 6.02. The van der Waals surface area contributed by atoms with Crippen molar-refractivity contribution in [1.82, 2.24) is 15.2 Å². The lowest BCUT2D eigenvalue weighted by Gasteiger charge is -2.37. The van der Waals surface area contributed by atoms with Gasteiger partial charge < -0.3 is 10.1 Å². The van der Waals surface area contributed by atoms with Crippen molar-refractivity contribution in [3.8, 4) is 0 Å². The fourth-order valence-corrected chi connectivity index (χ4v) is 2.86. The van der Waals surface area contributed by atoms with Crippen LogP contribution in [0.25, 0.3) is 0 Å². The van der Waals surface area contributed by atoms with Crippen molar-refractivity contribution in [3.05, 3.63) is 30.1 Å². The predicted octanol–water partition coefficient (Wildman–Crippen LogP) is 1.71. The number of hydrogen-bond donors (Lipinski definition) is 1. The molecule has 0 spiro atoms. The van der Waals surface area contributed by atoms with Gasteiger partial charge in [-0.3, -0.25) is 9.88 Å². The van der Waals surface area contributed by atoms with Crippen LogP contribution in [0.5, 0.6) is 0 Å². The van der Waals surface area contributed by atoms with Gasteiger partial charge in [0.2, 0.25) is 0 Å². The summed E-state index contributed by atoms with van der Waals surface area (Å²) in [5.41, 5.74) is 1.27. The number of morpholine rings is 1. The van der Waals surface area contributed by atoms with Crippen molar-refractivity contribution in [2.24, 2.45) is 0 Å². The molecule has 0 amide bonds. The third kappa shape index (κ3) is 4.54. The molecule has 1 N–H and O–H groups in total. The zero-order chi connectivity index (χ0) is 14.2. The Morgan fingerprint density at radius 3 is 3.10 bits per heavy atom. The molecule has 0 bridgehead atoms. The van der Waals surface area contributed by atoms with Crippen LogP contribution in [-0.4, -0.2) is 54.8 Å². The van der Waals surface area contributed by atoms with Gasteiger partial charge in [0.05, 0.1) is 12.7 Å². The quantitative estimate of drug-likeness (QED) is 0.823. The van der Waals surface area contributed by atoms with Gasteiger partial charge in [0.1, 0.15) is 0 Å². The van der Waals surface area contributed by atoms with Crippen LogP contribution in [0, 0.1) is 0 Å². The van der Waals surface area contributed by atoms with Crippen molar-refractivity contribution in [1.29, 1.82) is 0 Å². The van der Waals surface area contributed by atoms with Gasteiger partial charge in [-0.25, -0.2) is 0 Å². The summed E-state index contributed by atoms with van der Waals surface area (Å²) in [7, 11) is 0. The van der Waals surface area contributed by atoms with E-state index in [4.69, 9.17) is 4.74 Å². The lowest BCUT2D eigenvalue weighted by Crippen LogP contribution is -2.53. The topological polar surface area (TPSA) is 37.4 Å².